The molecule has 0 aliphatic carbocycles. The van der Waals surface area contributed by atoms with Gasteiger partial charge >= 0.3 is 0 Å². The molecule has 3 fully saturated rings. The quantitative estimate of drug-likeness (QED) is 0.0382. The summed E-state index contributed by atoms with van der Waals surface area (Å²) in [4.78, 5) is 26.3. The van der Waals surface area contributed by atoms with Crippen molar-refractivity contribution in [1.82, 2.24) is 10.6 Å². The molecule has 0 aromatic heterocycles. The van der Waals surface area contributed by atoms with E-state index in [1.165, 1.54) is 0 Å². The van der Waals surface area contributed by atoms with Crippen LogP contribution in [0.2, 0.25) is 0 Å². The number of aliphatic hydroxyl groups excluding tert-OH is 8. The molecule has 15 atom stereocenters. The Morgan fingerprint density at radius 1 is 0.711 bits per heavy atom. The number of carbonyl (C=O) groups is 2. The van der Waals surface area contributed by atoms with Crippen LogP contribution in [-0.2, 0) is 38.0 Å². The van der Waals surface area contributed by atoms with E-state index in [1.54, 1.807) is 0 Å². The van der Waals surface area contributed by atoms with Crippen molar-refractivity contribution in [1.29, 1.82) is 0 Å². The molecule has 0 unspecified atom stereocenters. The molecular weight excluding hydrogens is 614 g/mol. The maximum atomic E-state index is 11.9. The number of nitrogens with one attached hydrogen (secondary N) is 2. The molecule has 0 bridgehead atoms. The summed E-state index contributed by atoms with van der Waals surface area (Å²) in [5.41, 5.74) is 8.46. The topological polar surface area (TPSA) is 324 Å². The molecule has 3 aliphatic rings. The fourth-order valence-corrected chi connectivity index (χ4v) is 5.24. The van der Waals surface area contributed by atoms with Crippen LogP contribution in [0, 0.1) is 0 Å². The molecule has 21 nitrogen and oxygen atoms in total. The summed E-state index contributed by atoms with van der Waals surface area (Å²) in [6.45, 7) is -0.403. The maximum absolute atomic E-state index is 11.9. The fraction of sp³-hybridized carbons (Fsp3) is 0.917. The third kappa shape index (κ3) is 8.94. The Labute approximate surface area is 256 Å². The van der Waals surface area contributed by atoms with E-state index in [2.05, 4.69) is 20.7 Å². The van der Waals surface area contributed by atoms with Crippen LogP contribution in [0.25, 0.3) is 10.4 Å². The van der Waals surface area contributed by atoms with Crippen LogP contribution in [-0.4, -0.2) is 178 Å². The lowest BCUT2D eigenvalue weighted by Gasteiger charge is -2.49. The Kier molecular flexibility index (Phi) is 14.0. The summed E-state index contributed by atoms with van der Waals surface area (Å²) in [7, 11) is 0. The summed E-state index contributed by atoms with van der Waals surface area (Å²) in [5, 5.41) is 91.8. The molecule has 10 N–H and O–H groups in total. The lowest BCUT2D eigenvalue weighted by Crippen LogP contribution is -2.69. The van der Waals surface area contributed by atoms with Gasteiger partial charge in [0.25, 0.3) is 0 Å². The third-order valence-electron chi connectivity index (χ3n) is 7.41. The van der Waals surface area contributed by atoms with Crippen LogP contribution in [0.1, 0.15) is 13.8 Å². The van der Waals surface area contributed by atoms with Gasteiger partial charge in [-0.1, -0.05) is 5.11 Å². The van der Waals surface area contributed by atoms with Crippen LogP contribution in [0.4, 0.5) is 0 Å². The van der Waals surface area contributed by atoms with Gasteiger partial charge in [0.05, 0.1) is 26.4 Å². The Morgan fingerprint density at radius 3 is 1.78 bits per heavy atom. The summed E-state index contributed by atoms with van der Waals surface area (Å²) in [6, 6.07) is -2.75. The van der Waals surface area contributed by atoms with Gasteiger partial charge in [0.1, 0.15) is 73.1 Å². The number of ether oxygens (including phenoxy) is 6. The first kappa shape index (κ1) is 37.2. The number of azide groups is 1. The van der Waals surface area contributed by atoms with Crippen LogP contribution in [0.5, 0.6) is 0 Å². The van der Waals surface area contributed by atoms with Gasteiger partial charge < -0.3 is 79.9 Å². The molecule has 0 aromatic rings. The van der Waals surface area contributed by atoms with E-state index >= 15 is 0 Å². The molecule has 3 aliphatic heterocycles. The highest BCUT2D eigenvalue weighted by molar-refractivity contribution is 5.73. The Bertz CT molecular complexity index is 1020. The zero-order valence-electron chi connectivity index (χ0n) is 24.4. The second kappa shape index (κ2) is 17.0. The molecule has 0 radical (unpaired) electrons. The number of carbonyl (C=O) groups excluding carboxylic acids is 2. The highest BCUT2D eigenvalue weighted by Crippen LogP contribution is 2.32. The summed E-state index contributed by atoms with van der Waals surface area (Å²) in [5.74, 6) is -1.27. The highest BCUT2D eigenvalue weighted by Gasteiger charge is 2.54. The van der Waals surface area contributed by atoms with Crippen molar-refractivity contribution < 1.29 is 78.9 Å². The van der Waals surface area contributed by atoms with Gasteiger partial charge in [0.2, 0.25) is 11.8 Å². The number of hydrogen-bond donors (Lipinski definition) is 10. The van der Waals surface area contributed by atoms with Crippen molar-refractivity contribution in [3.05, 3.63) is 10.4 Å². The van der Waals surface area contributed by atoms with E-state index in [-0.39, 0.29) is 13.2 Å². The maximum Gasteiger partial charge on any atom is 0.217 e. The Morgan fingerprint density at radius 2 is 1.22 bits per heavy atom. The summed E-state index contributed by atoms with van der Waals surface area (Å²) in [6.07, 6.45) is -21.1. The molecule has 0 spiro atoms. The first-order valence-electron chi connectivity index (χ1n) is 14.0. The normalized spacial score (nSPS) is 42.0. The first-order chi connectivity index (χ1) is 21.4. The van der Waals surface area contributed by atoms with Gasteiger partial charge in [-0.2, -0.15) is 0 Å². The van der Waals surface area contributed by atoms with Crippen molar-refractivity contribution in [3.8, 4) is 0 Å². The summed E-state index contributed by atoms with van der Waals surface area (Å²) < 4.78 is 33.8. The molecule has 2 amide bonds. The van der Waals surface area contributed by atoms with E-state index < -0.39 is 124 Å². The predicted molar refractivity (Wildman–Crippen MR) is 142 cm³/mol. The van der Waals surface area contributed by atoms with Crippen molar-refractivity contribution in [3.63, 3.8) is 0 Å². The molecule has 3 heterocycles. The number of rotatable bonds is 13. The smallest absolute Gasteiger partial charge is 0.217 e. The van der Waals surface area contributed by atoms with E-state index in [0.29, 0.717) is 0 Å². The van der Waals surface area contributed by atoms with Gasteiger partial charge in [-0.25, -0.2) is 0 Å². The number of hydrogen-bond acceptors (Lipinski definition) is 17. The minimum Gasteiger partial charge on any atom is -0.394 e. The zero-order valence-corrected chi connectivity index (χ0v) is 24.4. The molecule has 258 valence electrons. The average molecular weight is 656 g/mol. The largest absolute Gasteiger partial charge is 0.394 e. The van der Waals surface area contributed by atoms with Gasteiger partial charge in [0, 0.05) is 25.3 Å². The molecule has 21 heteroatoms. The Balaban J connectivity index is 1.85. The minimum atomic E-state index is -1.94. The van der Waals surface area contributed by atoms with Crippen LogP contribution < -0.4 is 10.6 Å². The van der Waals surface area contributed by atoms with Crippen LogP contribution in [0.3, 0.4) is 0 Å². The molecule has 0 aromatic carbocycles. The minimum absolute atomic E-state index is 0.111. The van der Waals surface area contributed by atoms with Crippen molar-refractivity contribution >= 4 is 11.8 Å². The van der Waals surface area contributed by atoms with Crippen molar-refractivity contribution in [2.24, 2.45) is 5.11 Å². The summed E-state index contributed by atoms with van der Waals surface area (Å²) >= 11 is 0. The highest BCUT2D eigenvalue weighted by atomic mass is 16.7. The molecule has 0 saturated carbocycles. The number of amides is 2. The first-order valence-corrected chi connectivity index (χ1v) is 14.0. The zero-order chi connectivity index (χ0) is 33.4. The van der Waals surface area contributed by atoms with E-state index in [9.17, 15) is 50.4 Å². The second-order valence-electron chi connectivity index (χ2n) is 10.6. The van der Waals surface area contributed by atoms with E-state index in [0.717, 1.165) is 13.8 Å². The molecule has 3 rings (SSSR count). The lowest BCUT2D eigenvalue weighted by molar-refractivity contribution is -0.369. The van der Waals surface area contributed by atoms with Crippen molar-refractivity contribution in [2.45, 2.75) is 106 Å². The lowest BCUT2D eigenvalue weighted by atomic mass is 9.94. The van der Waals surface area contributed by atoms with Gasteiger partial charge in [-0.3, -0.25) is 9.59 Å². The van der Waals surface area contributed by atoms with Gasteiger partial charge in [-0.05, 0) is 5.53 Å². The second-order valence-corrected chi connectivity index (χ2v) is 10.6. The third-order valence-corrected chi connectivity index (χ3v) is 7.41. The SMILES string of the molecule is CC(=O)N[C@H]1[C@H](OCCN=[N+]=[N-])O[C@H](CO)[C@@H](O[C@@H]2O[C@H](CO)[C@H](O)[C@H](O[C@@H]3O[C@H](CO)[C@@H](O)[C@H](O)[C@H]3NC(C)=O)[C@H]2O)[C@@H]1O. The van der Waals surface area contributed by atoms with E-state index in [4.69, 9.17) is 34.0 Å². The van der Waals surface area contributed by atoms with Gasteiger partial charge in [-0.15, -0.1) is 0 Å². The standard InChI is InChI=1S/C24H41N5O16/c1-8(33)27-13-17(37)15(35)10(5-30)41-23(13)45-21-16(36)11(6-31)42-24(19(21)39)44-20-12(7-32)43-22(40-4-3-26-29-25)14(18(20)38)28-9(2)34/h10-24,30-32,35-39H,3-7H2,1-2H3,(H,27,33)(H,28,34)/t10-,11-,12-,13-,14-,15-,16+,17-,18-,19-,20-,21+,22-,23+,24+/m1/s1. The molecular formula is C24H41N5O16. The Hall–Kier alpha value is -2.31. The van der Waals surface area contributed by atoms with Crippen LogP contribution >= 0.6 is 0 Å². The molecule has 3 saturated heterocycles. The monoisotopic (exact) mass is 655 g/mol. The molecule has 45 heavy (non-hydrogen) atoms. The van der Waals surface area contributed by atoms with Gasteiger partial charge in [0.15, 0.2) is 18.9 Å². The van der Waals surface area contributed by atoms with E-state index in [1.807, 2.05) is 0 Å². The van der Waals surface area contributed by atoms with Crippen molar-refractivity contribution in [2.75, 3.05) is 33.0 Å². The number of aliphatic hydroxyl groups is 8. The number of nitrogens with zero attached hydrogens (tertiary/aromatic N) is 3. The average Bonchev–Trinajstić information content (AvgIpc) is 3.00. The predicted octanol–water partition coefficient (Wildman–Crippen LogP) is -5.95. The van der Waals surface area contributed by atoms with Crippen LogP contribution in [0.15, 0.2) is 5.11 Å². The fourth-order valence-electron chi connectivity index (χ4n) is 5.24.